The van der Waals surface area contributed by atoms with Crippen molar-refractivity contribution in [1.82, 2.24) is 23.3 Å². The second-order valence-corrected chi connectivity index (χ2v) is 20.5. The monoisotopic (exact) mass is 1020 g/mol. The van der Waals surface area contributed by atoms with Gasteiger partial charge in [-0.25, -0.2) is 0 Å². The second kappa shape index (κ2) is 17.7. The van der Waals surface area contributed by atoms with E-state index in [-0.39, 0.29) is 0 Å². The Labute approximate surface area is 459 Å². The fraction of sp³-hybridized carbons (Fsp3) is 0. The lowest BCUT2D eigenvalue weighted by Gasteiger charge is -2.15. The minimum atomic E-state index is 0.329. The van der Waals surface area contributed by atoms with Crippen LogP contribution >= 0.6 is 0 Å². The van der Waals surface area contributed by atoms with E-state index >= 15 is 0 Å². The summed E-state index contributed by atoms with van der Waals surface area (Å²) < 4.78 is 9.44. The third kappa shape index (κ3) is 6.75. The number of rotatable bonds is 7. The smallest absolute Gasteiger partial charge is 0.101 e. The van der Waals surface area contributed by atoms with E-state index in [4.69, 9.17) is 4.98 Å². The molecule has 0 spiro atoms. The highest BCUT2D eigenvalue weighted by molar-refractivity contribution is 6.14. The van der Waals surface area contributed by atoms with Gasteiger partial charge in [0.1, 0.15) is 12.1 Å². The number of aromatic nitrogens is 5. The first-order valence-corrected chi connectivity index (χ1v) is 26.8. The van der Waals surface area contributed by atoms with Gasteiger partial charge in [-0.1, -0.05) is 140 Å². The van der Waals surface area contributed by atoms with Crippen molar-refractivity contribution in [2.24, 2.45) is 0 Å². The summed E-state index contributed by atoms with van der Waals surface area (Å²) in [6, 6.07) is 94.8. The van der Waals surface area contributed by atoms with Crippen LogP contribution in [-0.4, -0.2) is 23.3 Å². The van der Waals surface area contributed by atoms with E-state index in [1.807, 2.05) is 18.3 Å². The van der Waals surface area contributed by atoms with Crippen LogP contribution < -0.4 is 0 Å². The molecule has 0 unspecified atom stereocenters. The van der Waals surface area contributed by atoms with Crippen molar-refractivity contribution in [2.75, 3.05) is 0 Å². The van der Waals surface area contributed by atoms with Crippen LogP contribution in [0.25, 0.3) is 143 Å². The first-order valence-electron chi connectivity index (χ1n) is 26.8. The van der Waals surface area contributed by atoms with Gasteiger partial charge in [-0.15, -0.1) is 0 Å². The van der Waals surface area contributed by atoms with Gasteiger partial charge in [-0.2, -0.15) is 10.5 Å². The number of benzene rings is 11. The Kier molecular flexibility index (Phi) is 9.93. The standard InChI is InChI=1S/C73H43N7/c74-43-49-26-25-48(39-50(49)44-75)61-42-65(47-29-33-52(34-30-47)78-71-24-12-6-18-60(71)63-41-54(36-38-73(63)78)80-68-21-9-3-15-57(68)58-16-4-10-22-69(58)80)76-45-64(61)46-27-31-51(32-28-46)77-70-23-11-5-17-59(70)62-40-53(35-37-72(62)77)79-66-19-7-1-13-55(66)56-14-2-8-20-67(56)79/h1-42,45H. The second-order valence-electron chi connectivity index (χ2n) is 20.5. The number of pyridine rings is 1. The van der Waals surface area contributed by atoms with Crippen molar-refractivity contribution < 1.29 is 0 Å². The molecule has 0 saturated carbocycles. The van der Waals surface area contributed by atoms with Crippen molar-refractivity contribution in [1.29, 1.82) is 10.5 Å². The normalized spacial score (nSPS) is 11.7. The van der Waals surface area contributed by atoms with Gasteiger partial charge in [0, 0.05) is 83.2 Å². The zero-order chi connectivity index (χ0) is 53.0. The molecule has 0 radical (unpaired) electrons. The Morgan fingerprint density at radius 3 is 1.01 bits per heavy atom. The quantitative estimate of drug-likeness (QED) is 0.160. The molecule has 80 heavy (non-hydrogen) atoms. The highest BCUT2D eigenvalue weighted by Crippen LogP contribution is 2.41. The molecule has 0 amide bonds. The summed E-state index contributed by atoms with van der Waals surface area (Å²) in [4.78, 5) is 5.14. The van der Waals surface area contributed by atoms with Crippen LogP contribution in [0.15, 0.2) is 261 Å². The minimum absolute atomic E-state index is 0.329. The summed E-state index contributed by atoms with van der Waals surface area (Å²) in [6.07, 6.45) is 1.94. The molecule has 7 heteroatoms. The van der Waals surface area contributed by atoms with Gasteiger partial charge in [-0.3, -0.25) is 4.98 Å². The fourth-order valence-corrected chi connectivity index (χ4v) is 12.7. The SMILES string of the molecule is N#Cc1ccc(-c2cc(-c3ccc(-n4c5ccccc5c5cc(-n6c7ccccc7c7ccccc76)ccc54)cc3)ncc2-c2ccc(-n3c4ccccc4c4cc(-n5c6ccccc6c6ccccc65)ccc43)cc2)cc1C#N. The molecule has 5 aromatic heterocycles. The molecule has 0 aliphatic carbocycles. The molecule has 0 bridgehead atoms. The molecule has 0 fully saturated rings. The maximum atomic E-state index is 10.2. The van der Waals surface area contributed by atoms with Crippen LogP contribution in [0.3, 0.4) is 0 Å². The molecule has 7 nitrogen and oxygen atoms in total. The summed E-state index contributed by atoms with van der Waals surface area (Å²) in [5.41, 5.74) is 19.5. The molecule has 5 heterocycles. The van der Waals surface area contributed by atoms with E-state index < -0.39 is 0 Å². The summed E-state index contributed by atoms with van der Waals surface area (Å²) in [5.74, 6) is 0. The van der Waals surface area contributed by atoms with E-state index in [9.17, 15) is 10.5 Å². The van der Waals surface area contributed by atoms with Crippen LogP contribution in [0, 0.1) is 22.7 Å². The molecule has 0 aliphatic heterocycles. The Morgan fingerprint density at radius 2 is 0.600 bits per heavy atom. The summed E-state index contributed by atoms with van der Waals surface area (Å²) in [7, 11) is 0. The zero-order valence-corrected chi connectivity index (χ0v) is 43.0. The molecule has 0 N–H and O–H groups in total. The number of hydrogen-bond donors (Lipinski definition) is 0. The van der Waals surface area contributed by atoms with Crippen molar-refractivity contribution in [3.8, 4) is 68.4 Å². The first-order chi connectivity index (χ1) is 39.6. The largest absolute Gasteiger partial charge is 0.309 e. The number of nitrogens with zero attached hydrogens (tertiary/aromatic N) is 7. The minimum Gasteiger partial charge on any atom is -0.309 e. The van der Waals surface area contributed by atoms with E-state index in [1.54, 1.807) is 6.07 Å². The molecule has 16 aromatic rings. The Bertz CT molecular complexity index is 5220. The molecule has 370 valence electrons. The van der Waals surface area contributed by atoms with Crippen LogP contribution in [0.1, 0.15) is 11.1 Å². The van der Waals surface area contributed by atoms with Gasteiger partial charge < -0.3 is 18.3 Å². The lowest BCUT2D eigenvalue weighted by Crippen LogP contribution is -1.97. The summed E-state index contributed by atoms with van der Waals surface area (Å²) in [5, 5.41) is 29.8. The molecular formula is C73H43N7. The average Bonchev–Trinajstić information content (AvgIpc) is 4.29. The first kappa shape index (κ1) is 45.0. The highest BCUT2D eigenvalue weighted by Gasteiger charge is 2.20. The van der Waals surface area contributed by atoms with E-state index in [0.29, 0.717) is 11.1 Å². The van der Waals surface area contributed by atoms with Gasteiger partial charge in [0.25, 0.3) is 0 Å². The maximum absolute atomic E-state index is 10.2. The van der Waals surface area contributed by atoms with Crippen LogP contribution in [0.5, 0.6) is 0 Å². The van der Waals surface area contributed by atoms with Gasteiger partial charge >= 0.3 is 0 Å². The van der Waals surface area contributed by atoms with E-state index in [0.717, 1.165) is 78.3 Å². The van der Waals surface area contributed by atoms with Crippen LogP contribution in [0.4, 0.5) is 0 Å². The average molecular weight is 1020 g/mol. The van der Waals surface area contributed by atoms with Crippen LogP contribution in [-0.2, 0) is 0 Å². The molecule has 16 rings (SSSR count). The maximum Gasteiger partial charge on any atom is 0.101 e. The van der Waals surface area contributed by atoms with E-state index in [1.165, 1.54) is 65.2 Å². The Morgan fingerprint density at radius 1 is 0.263 bits per heavy atom. The lowest BCUT2D eigenvalue weighted by atomic mass is 9.92. The predicted octanol–water partition coefficient (Wildman–Crippen LogP) is 18.2. The Hall–Kier alpha value is -11.3. The number of fused-ring (bicyclic) bond motifs is 12. The van der Waals surface area contributed by atoms with Crippen molar-refractivity contribution in [3.05, 3.63) is 272 Å². The number of nitriles is 2. The fourth-order valence-electron chi connectivity index (χ4n) is 12.7. The van der Waals surface area contributed by atoms with Crippen molar-refractivity contribution >= 4 is 87.2 Å². The van der Waals surface area contributed by atoms with Crippen LogP contribution in [0.2, 0.25) is 0 Å². The summed E-state index contributed by atoms with van der Waals surface area (Å²) >= 11 is 0. The topological polar surface area (TPSA) is 80.2 Å². The lowest BCUT2D eigenvalue weighted by molar-refractivity contribution is 1.16. The third-order valence-corrected chi connectivity index (χ3v) is 16.3. The predicted molar refractivity (Wildman–Crippen MR) is 327 cm³/mol. The van der Waals surface area contributed by atoms with Gasteiger partial charge in [0.2, 0.25) is 0 Å². The molecule has 0 aliphatic rings. The van der Waals surface area contributed by atoms with E-state index in [2.05, 4.69) is 267 Å². The molecule has 0 saturated heterocycles. The Balaban J connectivity index is 0.778. The zero-order valence-electron chi connectivity index (χ0n) is 43.0. The van der Waals surface area contributed by atoms with Gasteiger partial charge in [-0.05, 0) is 132 Å². The highest BCUT2D eigenvalue weighted by atomic mass is 15.0. The summed E-state index contributed by atoms with van der Waals surface area (Å²) in [6.45, 7) is 0. The van der Waals surface area contributed by atoms with Crippen molar-refractivity contribution in [3.63, 3.8) is 0 Å². The van der Waals surface area contributed by atoms with Crippen molar-refractivity contribution in [2.45, 2.75) is 0 Å². The molecule has 11 aromatic carbocycles. The van der Waals surface area contributed by atoms with Gasteiger partial charge in [0.15, 0.2) is 0 Å². The third-order valence-electron chi connectivity index (χ3n) is 16.3. The molecule has 0 atom stereocenters. The van der Waals surface area contributed by atoms with Gasteiger partial charge in [0.05, 0.1) is 61.0 Å². The molecular weight excluding hydrogens is 975 g/mol. The number of para-hydroxylation sites is 6. The number of hydrogen-bond acceptors (Lipinski definition) is 3.